The highest BCUT2D eigenvalue weighted by Crippen LogP contribution is 2.25. The van der Waals surface area contributed by atoms with Crippen LogP contribution in [0.15, 0.2) is 24.3 Å². The number of amides is 1. The number of esters is 1. The monoisotopic (exact) mass is 293 g/mol. The molecule has 1 aromatic carbocycles. The normalized spacial score (nSPS) is 15.0. The van der Waals surface area contributed by atoms with E-state index in [0.29, 0.717) is 11.5 Å². The molecule has 1 aromatic rings. The Morgan fingerprint density at radius 2 is 1.95 bits per heavy atom. The Kier molecular flexibility index (Phi) is 5.03. The first-order chi connectivity index (χ1) is 10.1. The van der Waals surface area contributed by atoms with Crippen LogP contribution in [0.3, 0.4) is 0 Å². The van der Waals surface area contributed by atoms with Crippen LogP contribution in [0, 0.1) is 0 Å². The van der Waals surface area contributed by atoms with Crippen LogP contribution < -0.4 is 14.8 Å². The highest BCUT2D eigenvalue weighted by atomic mass is 16.6. The van der Waals surface area contributed by atoms with E-state index in [2.05, 4.69) is 5.32 Å². The summed E-state index contributed by atoms with van der Waals surface area (Å²) in [5.74, 6) is 0.111. The van der Waals surface area contributed by atoms with Gasteiger partial charge < -0.3 is 19.5 Å². The zero-order valence-corrected chi connectivity index (χ0v) is 12.1. The summed E-state index contributed by atoms with van der Waals surface area (Å²) in [5, 5.41) is 2.77. The summed E-state index contributed by atoms with van der Waals surface area (Å²) < 4.78 is 15.5. The van der Waals surface area contributed by atoms with Crippen LogP contribution in [-0.4, -0.2) is 37.7 Å². The molecule has 1 fully saturated rings. The Bertz CT molecular complexity index is 513. The van der Waals surface area contributed by atoms with Crippen molar-refractivity contribution in [2.75, 3.05) is 13.7 Å². The van der Waals surface area contributed by atoms with E-state index in [-0.39, 0.29) is 18.6 Å². The van der Waals surface area contributed by atoms with E-state index in [4.69, 9.17) is 14.2 Å². The van der Waals surface area contributed by atoms with Crippen LogP contribution in [0.1, 0.15) is 19.8 Å². The Morgan fingerprint density at radius 1 is 1.29 bits per heavy atom. The minimum absolute atomic E-state index is 0.239. The third kappa shape index (κ3) is 4.66. The molecule has 1 aliphatic carbocycles. The van der Waals surface area contributed by atoms with Gasteiger partial charge >= 0.3 is 5.97 Å². The largest absolute Gasteiger partial charge is 0.493 e. The first-order valence-corrected chi connectivity index (χ1v) is 6.86. The number of hydrogen-bond acceptors (Lipinski definition) is 5. The van der Waals surface area contributed by atoms with Gasteiger partial charge in [-0.15, -0.1) is 0 Å². The van der Waals surface area contributed by atoms with Crippen LogP contribution in [0.4, 0.5) is 0 Å². The third-order valence-corrected chi connectivity index (χ3v) is 3.02. The highest BCUT2D eigenvalue weighted by molar-refractivity contribution is 5.84. The molecule has 1 amide bonds. The molecule has 6 heteroatoms. The average molecular weight is 293 g/mol. The van der Waals surface area contributed by atoms with Crippen LogP contribution in [0.25, 0.3) is 0 Å². The van der Waals surface area contributed by atoms with Crippen molar-refractivity contribution in [3.8, 4) is 11.5 Å². The second-order valence-electron chi connectivity index (χ2n) is 4.85. The molecule has 0 unspecified atom stereocenters. The van der Waals surface area contributed by atoms with Crippen molar-refractivity contribution < 1.29 is 23.8 Å². The molecule has 1 atom stereocenters. The predicted octanol–water partition coefficient (Wildman–Crippen LogP) is 1.28. The fourth-order valence-electron chi connectivity index (χ4n) is 1.71. The topological polar surface area (TPSA) is 73.9 Å². The number of carbonyl (C=O) groups excluding carboxylic acids is 2. The SMILES string of the molecule is COc1ccccc1OCC(=O)O[C@@H](C)C(=O)NC1CC1. The molecule has 21 heavy (non-hydrogen) atoms. The van der Waals surface area contributed by atoms with Gasteiger partial charge in [0.15, 0.2) is 24.2 Å². The number of para-hydroxylation sites is 2. The van der Waals surface area contributed by atoms with Gasteiger partial charge in [-0.2, -0.15) is 0 Å². The summed E-state index contributed by atoms with van der Waals surface area (Å²) in [6.07, 6.45) is 1.16. The number of methoxy groups -OCH3 is 1. The maximum atomic E-state index is 11.7. The molecule has 1 saturated carbocycles. The Morgan fingerprint density at radius 3 is 2.57 bits per heavy atom. The fourth-order valence-corrected chi connectivity index (χ4v) is 1.71. The van der Waals surface area contributed by atoms with Gasteiger partial charge in [-0.05, 0) is 31.9 Å². The van der Waals surface area contributed by atoms with Gasteiger partial charge in [-0.3, -0.25) is 4.79 Å². The predicted molar refractivity (Wildman–Crippen MR) is 75.2 cm³/mol. The first-order valence-electron chi connectivity index (χ1n) is 6.86. The molecule has 0 radical (unpaired) electrons. The van der Waals surface area contributed by atoms with Crippen molar-refractivity contribution >= 4 is 11.9 Å². The summed E-state index contributed by atoms with van der Waals surface area (Å²) in [6, 6.07) is 7.23. The molecule has 6 nitrogen and oxygen atoms in total. The lowest BCUT2D eigenvalue weighted by Crippen LogP contribution is -2.37. The van der Waals surface area contributed by atoms with E-state index in [1.165, 1.54) is 7.11 Å². The minimum Gasteiger partial charge on any atom is -0.493 e. The van der Waals surface area contributed by atoms with Gasteiger partial charge in [0.2, 0.25) is 0 Å². The number of carbonyl (C=O) groups is 2. The standard InChI is InChI=1S/C15H19NO5/c1-10(15(18)16-11-7-8-11)21-14(17)9-20-13-6-4-3-5-12(13)19-2/h3-6,10-11H,7-9H2,1-2H3,(H,16,18)/t10-/m0/s1. The molecule has 0 aromatic heterocycles. The van der Waals surface area contributed by atoms with E-state index in [9.17, 15) is 9.59 Å². The van der Waals surface area contributed by atoms with Gasteiger partial charge in [0.1, 0.15) is 0 Å². The number of rotatable bonds is 7. The Labute approximate surface area is 123 Å². The maximum absolute atomic E-state index is 11.7. The maximum Gasteiger partial charge on any atom is 0.344 e. The highest BCUT2D eigenvalue weighted by Gasteiger charge is 2.27. The summed E-state index contributed by atoms with van der Waals surface area (Å²) >= 11 is 0. The third-order valence-electron chi connectivity index (χ3n) is 3.02. The first kappa shape index (κ1) is 15.2. The van der Waals surface area contributed by atoms with Gasteiger partial charge in [0.25, 0.3) is 5.91 Å². The summed E-state index contributed by atoms with van der Waals surface area (Å²) in [4.78, 5) is 23.3. The van der Waals surface area contributed by atoms with Gasteiger partial charge in [0.05, 0.1) is 7.11 Å². The summed E-state index contributed by atoms with van der Waals surface area (Å²) in [5.41, 5.74) is 0. The number of benzene rings is 1. The number of nitrogens with one attached hydrogen (secondary N) is 1. The molecular weight excluding hydrogens is 274 g/mol. The molecule has 0 spiro atoms. The van der Waals surface area contributed by atoms with Crippen LogP contribution in [0.2, 0.25) is 0 Å². The minimum atomic E-state index is -0.820. The zero-order chi connectivity index (χ0) is 15.2. The van der Waals surface area contributed by atoms with E-state index >= 15 is 0 Å². The van der Waals surface area contributed by atoms with E-state index in [0.717, 1.165) is 12.8 Å². The quantitative estimate of drug-likeness (QED) is 0.767. The second-order valence-corrected chi connectivity index (χ2v) is 4.85. The Balaban J connectivity index is 1.77. The molecule has 114 valence electrons. The van der Waals surface area contributed by atoms with E-state index in [1.54, 1.807) is 31.2 Å². The lowest BCUT2D eigenvalue weighted by atomic mass is 10.3. The van der Waals surface area contributed by atoms with E-state index < -0.39 is 12.1 Å². The van der Waals surface area contributed by atoms with Crippen molar-refractivity contribution in [2.45, 2.75) is 31.9 Å². The van der Waals surface area contributed by atoms with Crippen molar-refractivity contribution in [3.05, 3.63) is 24.3 Å². The molecule has 0 saturated heterocycles. The molecule has 0 aliphatic heterocycles. The van der Waals surface area contributed by atoms with Gasteiger partial charge in [-0.1, -0.05) is 12.1 Å². The molecule has 1 aliphatic rings. The summed E-state index contributed by atoms with van der Waals surface area (Å²) in [6.45, 7) is 1.26. The molecular formula is C15H19NO5. The average Bonchev–Trinajstić information content (AvgIpc) is 3.29. The van der Waals surface area contributed by atoms with Crippen molar-refractivity contribution in [3.63, 3.8) is 0 Å². The lowest BCUT2D eigenvalue weighted by Gasteiger charge is -2.14. The summed E-state index contributed by atoms with van der Waals surface area (Å²) in [7, 11) is 1.52. The van der Waals surface area contributed by atoms with Gasteiger partial charge in [0, 0.05) is 6.04 Å². The molecule has 0 bridgehead atoms. The molecule has 0 heterocycles. The lowest BCUT2D eigenvalue weighted by molar-refractivity contribution is -0.156. The van der Waals surface area contributed by atoms with Crippen molar-refractivity contribution in [1.29, 1.82) is 0 Å². The van der Waals surface area contributed by atoms with Crippen LogP contribution in [0.5, 0.6) is 11.5 Å². The molecule has 2 rings (SSSR count). The smallest absolute Gasteiger partial charge is 0.344 e. The second kappa shape index (κ2) is 6.97. The van der Waals surface area contributed by atoms with E-state index in [1.807, 2.05) is 0 Å². The van der Waals surface area contributed by atoms with Crippen molar-refractivity contribution in [1.82, 2.24) is 5.32 Å². The number of hydrogen-bond donors (Lipinski definition) is 1. The zero-order valence-electron chi connectivity index (χ0n) is 12.1. The van der Waals surface area contributed by atoms with Crippen LogP contribution in [-0.2, 0) is 14.3 Å². The van der Waals surface area contributed by atoms with Crippen LogP contribution >= 0.6 is 0 Å². The number of ether oxygens (including phenoxy) is 3. The van der Waals surface area contributed by atoms with Crippen molar-refractivity contribution in [2.24, 2.45) is 0 Å². The fraction of sp³-hybridized carbons (Fsp3) is 0.467. The molecule has 1 N–H and O–H groups in total. The Hall–Kier alpha value is -2.24. The van der Waals surface area contributed by atoms with Gasteiger partial charge in [-0.25, -0.2) is 4.79 Å².